The number of aliphatic hydroxyl groups excluding tert-OH is 1. The molecule has 0 saturated carbocycles. The molecule has 0 bridgehead atoms. The highest BCUT2D eigenvalue weighted by Crippen LogP contribution is 2.15. The van der Waals surface area contributed by atoms with Crippen molar-refractivity contribution in [3.8, 4) is 5.88 Å². The molecule has 0 aliphatic carbocycles. The first-order valence-electron chi connectivity index (χ1n) is 4.39. The average Bonchev–Trinajstić information content (AvgIpc) is 2.42. The van der Waals surface area contributed by atoms with E-state index in [0.717, 1.165) is 5.56 Å². The van der Waals surface area contributed by atoms with E-state index in [1.54, 1.807) is 17.9 Å². The molecule has 1 N–H and O–H groups in total. The lowest BCUT2D eigenvalue weighted by atomic mass is 10.2. The van der Waals surface area contributed by atoms with Gasteiger partial charge in [-0.15, -0.1) is 5.10 Å². The lowest BCUT2D eigenvalue weighted by Gasteiger charge is -2.06. The molecule has 0 saturated heterocycles. The first kappa shape index (κ1) is 10.1. The largest absolute Gasteiger partial charge is 0.476 e. The lowest BCUT2D eigenvalue weighted by molar-refractivity contribution is 0.239. The molecule has 74 valence electrons. The molecule has 1 aromatic heterocycles. The molecular formula is C9H16N2O2. The Kier molecular flexibility index (Phi) is 3.31. The molecule has 13 heavy (non-hydrogen) atoms. The predicted molar refractivity (Wildman–Crippen MR) is 49.5 cm³/mol. The number of aryl methyl sites for hydroxylation is 1. The van der Waals surface area contributed by atoms with E-state index in [9.17, 15) is 0 Å². The first-order chi connectivity index (χ1) is 6.13. The SMILES string of the molecule is CC(C)COc1nn(C)cc1CO. The number of rotatable bonds is 4. The average molecular weight is 184 g/mol. The maximum Gasteiger partial charge on any atom is 0.238 e. The van der Waals surface area contributed by atoms with Crippen LogP contribution in [0.5, 0.6) is 5.88 Å². The van der Waals surface area contributed by atoms with Crippen molar-refractivity contribution in [3.05, 3.63) is 11.8 Å². The summed E-state index contributed by atoms with van der Waals surface area (Å²) in [5.74, 6) is 1.01. The van der Waals surface area contributed by atoms with E-state index < -0.39 is 0 Å². The van der Waals surface area contributed by atoms with Gasteiger partial charge in [0.15, 0.2) is 0 Å². The summed E-state index contributed by atoms with van der Waals surface area (Å²) in [4.78, 5) is 0. The second-order valence-corrected chi connectivity index (χ2v) is 3.50. The van der Waals surface area contributed by atoms with Gasteiger partial charge < -0.3 is 9.84 Å². The van der Waals surface area contributed by atoms with Crippen molar-refractivity contribution < 1.29 is 9.84 Å². The number of aromatic nitrogens is 2. The molecule has 0 amide bonds. The molecular weight excluding hydrogens is 168 g/mol. The summed E-state index contributed by atoms with van der Waals surface area (Å²) in [5, 5.41) is 13.1. The van der Waals surface area contributed by atoms with Gasteiger partial charge in [0.1, 0.15) is 0 Å². The Labute approximate surface area is 78.1 Å². The minimum atomic E-state index is -0.0265. The number of aliphatic hydroxyl groups is 1. The van der Waals surface area contributed by atoms with Gasteiger partial charge in [-0.1, -0.05) is 13.8 Å². The van der Waals surface area contributed by atoms with Crippen LogP contribution >= 0.6 is 0 Å². The van der Waals surface area contributed by atoms with E-state index >= 15 is 0 Å². The molecule has 4 nitrogen and oxygen atoms in total. The maximum atomic E-state index is 8.96. The number of nitrogens with zero attached hydrogens (tertiary/aromatic N) is 2. The third-order valence-electron chi connectivity index (χ3n) is 1.59. The van der Waals surface area contributed by atoms with Crippen molar-refractivity contribution >= 4 is 0 Å². The van der Waals surface area contributed by atoms with E-state index in [-0.39, 0.29) is 6.61 Å². The molecule has 0 aliphatic rings. The maximum absolute atomic E-state index is 8.96. The molecule has 0 spiro atoms. The molecule has 0 radical (unpaired) electrons. The molecule has 0 fully saturated rings. The fraction of sp³-hybridized carbons (Fsp3) is 0.667. The van der Waals surface area contributed by atoms with Crippen LogP contribution in [0.25, 0.3) is 0 Å². The van der Waals surface area contributed by atoms with Crippen LogP contribution in [-0.2, 0) is 13.7 Å². The van der Waals surface area contributed by atoms with Gasteiger partial charge >= 0.3 is 0 Å². The Bertz CT molecular complexity index is 269. The number of hydrogen-bond donors (Lipinski definition) is 1. The van der Waals surface area contributed by atoms with E-state index in [4.69, 9.17) is 9.84 Å². The minimum Gasteiger partial charge on any atom is -0.476 e. The predicted octanol–water partition coefficient (Wildman–Crippen LogP) is 0.947. The van der Waals surface area contributed by atoms with Crippen LogP contribution in [0.4, 0.5) is 0 Å². The molecule has 0 aromatic carbocycles. The summed E-state index contributed by atoms with van der Waals surface area (Å²) in [6.07, 6.45) is 1.76. The van der Waals surface area contributed by atoms with Crippen LogP contribution in [0.15, 0.2) is 6.20 Å². The summed E-state index contributed by atoms with van der Waals surface area (Å²) in [7, 11) is 1.81. The molecule has 1 heterocycles. The Morgan fingerprint density at radius 3 is 2.85 bits per heavy atom. The van der Waals surface area contributed by atoms with E-state index in [1.165, 1.54) is 0 Å². The van der Waals surface area contributed by atoms with E-state index in [0.29, 0.717) is 18.4 Å². The van der Waals surface area contributed by atoms with Crippen LogP contribution in [0, 0.1) is 5.92 Å². The van der Waals surface area contributed by atoms with E-state index in [2.05, 4.69) is 18.9 Å². The highest BCUT2D eigenvalue weighted by Gasteiger charge is 2.07. The Morgan fingerprint density at radius 2 is 2.31 bits per heavy atom. The number of ether oxygens (including phenoxy) is 1. The van der Waals surface area contributed by atoms with Gasteiger partial charge in [-0.25, -0.2) is 0 Å². The second kappa shape index (κ2) is 4.28. The smallest absolute Gasteiger partial charge is 0.238 e. The monoisotopic (exact) mass is 184 g/mol. The van der Waals surface area contributed by atoms with Crippen molar-refractivity contribution in [2.75, 3.05) is 6.61 Å². The normalized spacial score (nSPS) is 10.8. The molecule has 0 unspecified atom stereocenters. The topological polar surface area (TPSA) is 47.3 Å². The fourth-order valence-electron chi connectivity index (χ4n) is 0.993. The summed E-state index contributed by atoms with van der Waals surface area (Å²) in [6, 6.07) is 0. The van der Waals surface area contributed by atoms with Crippen molar-refractivity contribution in [2.45, 2.75) is 20.5 Å². The quantitative estimate of drug-likeness (QED) is 0.757. The molecule has 0 atom stereocenters. The number of hydrogen-bond acceptors (Lipinski definition) is 3. The van der Waals surface area contributed by atoms with Gasteiger partial charge in [-0.3, -0.25) is 4.68 Å². The zero-order valence-corrected chi connectivity index (χ0v) is 8.32. The molecule has 1 aromatic rings. The van der Waals surface area contributed by atoms with Crippen LogP contribution in [0.2, 0.25) is 0 Å². The Hall–Kier alpha value is -1.03. The standard InChI is InChI=1S/C9H16N2O2/c1-7(2)6-13-9-8(5-12)4-11(3)10-9/h4,7,12H,5-6H2,1-3H3. The Morgan fingerprint density at radius 1 is 1.62 bits per heavy atom. The third kappa shape index (κ3) is 2.73. The van der Waals surface area contributed by atoms with Crippen molar-refractivity contribution in [2.24, 2.45) is 13.0 Å². The van der Waals surface area contributed by atoms with Crippen LogP contribution in [0.1, 0.15) is 19.4 Å². The molecule has 0 aliphatic heterocycles. The van der Waals surface area contributed by atoms with Crippen molar-refractivity contribution in [3.63, 3.8) is 0 Å². The van der Waals surface area contributed by atoms with Gasteiger partial charge in [0, 0.05) is 13.2 Å². The van der Waals surface area contributed by atoms with Crippen LogP contribution in [-0.4, -0.2) is 21.5 Å². The summed E-state index contributed by atoms with van der Waals surface area (Å²) < 4.78 is 7.06. The summed E-state index contributed by atoms with van der Waals surface area (Å²) in [5.41, 5.74) is 0.739. The molecule has 1 rings (SSSR count). The minimum absolute atomic E-state index is 0.0265. The van der Waals surface area contributed by atoms with Gasteiger partial charge in [0.2, 0.25) is 5.88 Å². The first-order valence-corrected chi connectivity index (χ1v) is 4.39. The van der Waals surface area contributed by atoms with Crippen molar-refractivity contribution in [1.82, 2.24) is 9.78 Å². The van der Waals surface area contributed by atoms with E-state index in [1.807, 2.05) is 0 Å². The summed E-state index contributed by atoms with van der Waals surface area (Å²) in [6.45, 7) is 4.74. The zero-order chi connectivity index (χ0) is 9.84. The van der Waals surface area contributed by atoms with Crippen LogP contribution in [0.3, 0.4) is 0 Å². The second-order valence-electron chi connectivity index (χ2n) is 3.50. The molecule has 4 heteroatoms. The van der Waals surface area contributed by atoms with Gasteiger partial charge in [0.25, 0.3) is 0 Å². The highest BCUT2D eigenvalue weighted by molar-refractivity contribution is 5.21. The Balaban J connectivity index is 2.64. The lowest BCUT2D eigenvalue weighted by Crippen LogP contribution is -2.06. The van der Waals surface area contributed by atoms with Crippen LogP contribution < -0.4 is 4.74 Å². The van der Waals surface area contributed by atoms with Gasteiger partial charge in [0.05, 0.1) is 18.8 Å². The zero-order valence-electron chi connectivity index (χ0n) is 8.32. The van der Waals surface area contributed by atoms with Gasteiger partial charge in [-0.2, -0.15) is 0 Å². The van der Waals surface area contributed by atoms with Crippen molar-refractivity contribution in [1.29, 1.82) is 0 Å². The summed E-state index contributed by atoms with van der Waals surface area (Å²) >= 11 is 0. The van der Waals surface area contributed by atoms with Gasteiger partial charge in [-0.05, 0) is 5.92 Å². The fourth-order valence-corrected chi connectivity index (χ4v) is 0.993. The third-order valence-corrected chi connectivity index (χ3v) is 1.59. The highest BCUT2D eigenvalue weighted by atomic mass is 16.5.